The van der Waals surface area contributed by atoms with E-state index in [-0.39, 0.29) is 0 Å². The third-order valence-electron chi connectivity index (χ3n) is 4.66. The summed E-state index contributed by atoms with van der Waals surface area (Å²) in [6.07, 6.45) is 4.89. The maximum absolute atomic E-state index is 6.29. The molecule has 3 rings (SSSR count). The van der Waals surface area contributed by atoms with Crippen LogP contribution in [-0.2, 0) is 0 Å². The Balaban J connectivity index is 1.58. The van der Waals surface area contributed by atoms with Gasteiger partial charge >= 0.3 is 0 Å². The Hall–Kier alpha value is -0.770. The van der Waals surface area contributed by atoms with Gasteiger partial charge in [-0.15, -0.1) is 0 Å². The molecule has 0 radical (unpaired) electrons. The standard InChI is InChI=1S/C16H24ClN3/c17-15-5-1-2-6-16(15)19-10-7-14(8-11-19)20-9-3-4-13(18)12-20/h1-2,5-6,13-14H,3-4,7-12,18H2/t13-/m1/s1. The van der Waals surface area contributed by atoms with Gasteiger partial charge in [0.1, 0.15) is 0 Å². The lowest BCUT2D eigenvalue weighted by Gasteiger charge is -2.42. The SMILES string of the molecule is N[C@@H]1CCCN(C2CCN(c3ccccc3Cl)CC2)C1. The summed E-state index contributed by atoms with van der Waals surface area (Å²) in [5, 5.41) is 0.867. The van der Waals surface area contributed by atoms with Crippen LogP contribution in [0.1, 0.15) is 25.7 Å². The fraction of sp³-hybridized carbons (Fsp3) is 0.625. The van der Waals surface area contributed by atoms with Crippen molar-refractivity contribution >= 4 is 17.3 Å². The Morgan fingerprint density at radius 2 is 1.80 bits per heavy atom. The largest absolute Gasteiger partial charge is 0.370 e. The van der Waals surface area contributed by atoms with Crippen LogP contribution in [0.25, 0.3) is 0 Å². The topological polar surface area (TPSA) is 32.5 Å². The first kappa shape index (κ1) is 14.2. The summed E-state index contributed by atoms with van der Waals surface area (Å²) in [7, 11) is 0. The lowest BCUT2D eigenvalue weighted by molar-refractivity contribution is 0.129. The number of benzene rings is 1. The minimum atomic E-state index is 0.380. The summed E-state index contributed by atoms with van der Waals surface area (Å²) in [4.78, 5) is 5.03. The molecule has 1 aromatic rings. The van der Waals surface area contributed by atoms with E-state index >= 15 is 0 Å². The van der Waals surface area contributed by atoms with E-state index in [1.54, 1.807) is 0 Å². The van der Waals surface area contributed by atoms with E-state index in [1.807, 2.05) is 12.1 Å². The number of para-hydroxylation sites is 1. The Morgan fingerprint density at radius 3 is 2.50 bits per heavy atom. The highest BCUT2D eigenvalue weighted by atomic mass is 35.5. The van der Waals surface area contributed by atoms with E-state index in [9.17, 15) is 0 Å². The number of rotatable bonds is 2. The van der Waals surface area contributed by atoms with E-state index in [4.69, 9.17) is 17.3 Å². The summed E-state index contributed by atoms with van der Waals surface area (Å²) in [6.45, 7) is 4.50. The van der Waals surface area contributed by atoms with Crippen LogP contribution in [0, 0.1) is 0 Å². The lowest BCUT2D eigenvalue weighted by Crippen LogP contribution is -2.51. The Morgan fingerprint density at radius 1 is 1.05 bits per heavy atom. The second-order valence-corrected chi connectivity index (χ2v) is 6.47. The molecule has 0 unspecified atom stereocenters. The lowest BCUT2D eigenvalue weighted by atomic mass is 9.98. The van der Waals surface area contributed by atoms with Gasteiger partial charge in [-0.3, -0.25) is 4.90 Å². The molecule has 2 fully saturated rings. The average molecular weight is 294 g/mol. The molecule has 0 bridgehead atoms. The highest BCUT2D eigenvalue weighted by Crippen LogP contribution is 2.29. The van der Waals surface area contributed by atoms with Gasteiger partial charge in [-0.2, -0.15) is 0 Å². The molecule has 2 aliphatic rings. The maximum Gasteiger partial charge on any atom is 0.0639 e. The summed E-state index contributed by atoms with van der Waals surface area (Å²) in [5.41, 5.74) is 7.28. The number of likely N-dealkylation sites (tertiary alicyclic amines) is 1. The van der Waals surface area contributed by atoms with E-state index in [2.05, 4.69) is 21.9 Å². The van der Waals surface area contributed by atoms with Gasteiger partial charge in [-0.1, -0.05) is 23.7 Å². The summed E-state index contributed by atoms with van der Waals surface area (Å²) < 4.78 is 0. The van der Waals surface area contributed by atoms with Crippen LogP contribution >= 0.6 is 11.6 Å². The molecule has 2 heterocycles. The zero-order valence-corrected chi connectivity index (χ0v) is 12.7. The fourth-order valence-corrected chi connectivity index (χ4v) is 3.81. The highest BCUT2D eigenvalue weighted by molar-refractivity contribution is 6.33. The van der Waals surface area contributed by atoms with Crippen molar-refractivity contribution in [3.05, 3.63) is 29.3 Å². The van der Waals surface area contributed by atoms with Crippen molar-refractivity contribution in [2.24, 2.45) is 5.73 Å². The molecule has 3 nitrogen and oxygen atoms in total. The number of halogens is 1. The van der Waals surface area contributed by atoms with Gasteiger partial charge in [-0.25, -0.2) is 0 Å². The van der Waals surface area contributed by atoms with E-state index in [0.29, 0.717) is 12.1 Å². The van der Waals surface area contributed by atoms with Crippen molar-refractivity contribution < 1.29 is 0 Å². The molecule has 0 saturated carbocycles. The number of hydrogen-bond acceptors (Lipinski definition) is 3. The molecular formula is C16H24ClN3. The van der Waals surface area contributed by atoms with Crippen molar-refractivity contribution in [3.63, 3.8) is 0 Å². The predicted octanol–water partition coefficient (Wildman–Crippen LogP) is 2.73. The van der Waals surface area contributed by atoms with Crippen LogP contribution in [0.4, 0.5) is 5.69 Å². The smallest absolute Gasteiger partial charge is 0.0639 e. The van der Waals surface area contributed by atoms with Crippen LogP contribution in [0.5, 0.6) is 0 Å². The monoisotopic (exact) mass is 293 g/mol. The maximum atomic E-state index is 6.29. The van der Waals surface area contributed by atoms with E-state index in [1.165, 1.54) is 37.9 Å². The summed E-state index contributed by atoms with van der Waals surface area (Å²) in [6, 6.07) is 9.25. The molecule has 2 saturated heterocycles. The zero-order chi connectivity index (χ0) is 13.9. The minimum absolute atomic E-state index is 0.380. The number of piperidine rings is 2. The number of nitrogens with zero attached hydrogens (tertiary/aromatic N) is 2. The van der Waals surface area contributed by atoms with Gasteiger partial charge in [0.05, 0.1) is 10.7 Å². The van der Waals surface area contributed by atoms with Gasteiger partial charge in [0.15, 0.2) is 0 Å². The number of anilines is 1. The first-order chi connectivity index (χ1) is 9.74. The summed E-state index contributed by atoms with van der Waals surface area (Å²) in [5.74, 6) is 0. The normalized spacial score (nSPS) is 25.9. The van der Waals surface area contributed by atoms with Gasteiger partial charge in [-0.05, 0) is 44.4 Å². The zero-order valence-electron chi connectivity index (χ0n) is 12.0. The van der Waals surface area contributed by atoms with Gasteiger partial charge in [0.25, 0.3) is 0 Å². The Bertz CT molecular complexity index is 443. The molecule has 2 N–H and O–H groups in total. The predicted molar refractivity (Wildman–Crippen MR) is 85.5 cm³/mol. The quantitative estimate of drug-likeness (QED) is 0.910. The minimum Gasteiger partial charge on any atom is -0.370 e. The van der Waals surface area contributed by atoms with Crippen LogP contribution in [-0.4, -0.2) is 43.2 Å². The molecular weight excluding hydrogens is 270 g/mol. The van der Waals surface area contributed by atoms with Gasteiger partial charge < -0.3 is 10.6 Å². The van der Waals surface area contributed by atoms with Crippen molar-refractivity contribution in [3.8, 4) is 0 Å². The molecule has 0 aliphatic carbocycles. The van der Waals surface area contributed by atoms with Crippen molar-refractivity contribution in [1.82, 2.24) is 4.90 Å². The molecule has 20 heavy (non-hydrogen) atoms. The molecule has 2 aliphatic heterocycles. The average Bonchev–Trinajstić information content (AvgIpc) is 2.48. The fourth-order valence-electron chi connectivity index (χ4n) is 3.55. The van der Waals surface area contributed by atoms with Gasteiger partial charge in [0, 0.05) is 31.7 Å². The molecule has 4 heteroatoms. The molecule has 1 atom stereocenters. The van der Waals surface area contributed by atoms with Crippen molar-refractivity contribution in [2.75, 3.05) is 31.1 Å². The molecule has 1 aromatic carbocycles. The second kappa shape index (κ2) is 6.33. The molecule has 0 amide bonds. The molecule has 110 valence electrons. The van der Waals surface area contributed by atoms with E-state index < -0.39 is 0 Å². The van der Waals surface area contributed by atoms with E-state index in [0.717, 1.165) is 24.7 Å². The Labute approximate surface area is 126 Å². The Kier molecular flexibility index (Phi) is 4.49. The number of nitrogens with two attached hydrogens (primary N) is 1. The first-order valence-corrected chi connectivity index (χ1v) is 8.11. The van der Waals surface area contributed by atoms with Gasteiger partial charge in [0.2, 0.25) is 0 Å². The van der Waals surface area contributed by atoms with Crippen LogP contribution in [0.15, 0.2) is 24.3 Å². The van der Waals surface area contributed by atoms with Crippen LogP contribution < -0.4 is 10.6 Å². The third kappa shape index (κ3) is 3.11. The first-order valence-electron chi connectivity index (χ1n) is 7.73. The molecule has 0 aromatic heterocycles. The molecule has 0 spiro atoms. The second-order valence-electron chi connectivity index (χ2n) is 6.07. The van der Waals surface area contributed by atoms with Crippen molar-refractivity contribution in [1.29, 1.82) is 0 Å². The van der Waals surface area contributed by atoms with Crippen LogP contribution in [0.3, 0.4) is 0 Å². The van der Waals surface area contributed by atoms with Crippen LogP contribution in [0.2, 0.25) is 5.02 Å². The number of hydrogen-bond donors (Lipinski definition) is 1. The highest BCUT2D eigenvalue weighted by Gasteiger charge is 2.28. The third-order valence-corrected chi connectivity index (χ3v) is 4.98. The van der Waals surface area contributed by atoms with Crippen molar-refractivity contribution in [2.45, 2.75) is 37.8 Å². The summed E-state index contributed by atoms with van der Waals surface area (Å²) >= 11 is 6.29.